The summed E-state index contributed by atoms with van der Waals surface area (Å²) in [5, 5.41) is 2.52. The van der Waals surface area contributed by atoms with E-state index in [9.17, 15) is 0 Å². The molecule has 9 aromatic rings. The molecule has 4 aromatic heterocycles. The fourth-order valence-corrected chi connectivity index (χ4v) is 10.7. The maximum Gasteiger partial charge on any atom is 0.0702 e. The Morgan fingerprint density at radius 2 is 1.11 bits per heavy atom. The summed E-state index contributed by atoms with van der Waals surface area (Å²) in [6.45, 7) is 22.9. The van der Waals surface area contributed by atoms with Gasteiger partial charge in [0.1, 0.15) is 0 Å². The molecule has 0 aliphatic rings. The average Bonchev–Trinajstić information content (AvgIpc) is 3.98. The first-order chi connectivity index (χ1) is 30.7. The topological polar surface area (TPSA) is 22.8 Å². The summed E-state index contributed by atoms with van der Waals surface area (Å²) in [7, 11) is 0. The minimum Gasteiger partial charge on any atom is -0.313 e. The maximum atomic E-state index is 4.98. The van der Waals surface area contributed by atoms with Crippen molar-refractivity contribution in [1.82, 2.24) is 14.1 Å². The first-order valence-corrected chi connectivity index (χ1v) is 24.1. The predicted molar refractivity (Wildman–Crippen MR) is 277 cm³/mol. The van der Waals surface area contributed by atoms with Gasteiger partial charge in [0, 0.05) is 71.4 Å². The highest BCUT2D eigenvalue weighted by Gasteiger charge is 2.26. The van der Waals surface area contributed by atoms with Crippen LogP contribution in [0.1, 0.15) is 107 Å². The average molecular weight is 858 g/mol. The zero-order chi connectivity index (χ0) is 44.9. The van der Waals surface area contributed by atoms with Crippen molar-refractivity contribution in [3.8, 4) is 55.3 Å². The van der Waals surface area contributed by atoms with Gasteiger partial charge in [0.15, 0.2) is 0 Å². The fraction of sp³-hybridized carbons (Fsp3) is 0.283. The van der Waals surface area contributed by atoms with Crippen LogP contribution in [0.25, 0.3) is 77.1 Å². The zero-order valence-corrected chi connectivity index (χ0v) is 40.4. The number of hydrogen-bond donors (Lipinski definition) is 0. The molecule has 9 rings (SSSR count). The Bertz CT molecular complexity index is 3030. The lowest BCUT2D eigenvalue weighted by molar-refractivity contribution is 0.558. The summed E-state index contributed by atoms with van der Waals surface area (Å²) < 4.78 is 5.04. The van der Waals surface area contributed by atoms with Crippen LogP contribution in [0.4, 0.5) is 0 Å². The Hall–Kier alpha value is -5.97. The number of aryl methyl sites for hydroxylation is 4. The Labute approximate surface area is 385 Å². The number of fused-ring (bicyclic) bond motifs is 2. The standard InChI is InChI=1S/C60H63N3S/c1-11-12-13-14-19-42-30-47(32-49(31-42)52-26-24-43(29-39(52)2)53-27-25-46(38-61-53)58-40(3)28-41(4)64-58)48-33-50(62-54-22-17-15-20-44(54)35-56(62)59(5,6)7)37-51(34-48)63-55-23-18-16-21-45(55)36-57(63)60(8,9)10/h15-18,20-38H,11-14,19H2,1-10H3. The second-order valence-corrected chi connectivity index (χ2v) is 21.4. The molecule has 0 spiro atoms. The molecule has 0 amide bonds. The Morgan fingerprint density at radius 1 is 0.516 bits per heavy atom. The van der Waals surface area contributed by atoms with Crippen molar-refractivity contribution in [3.05, 3.63) is 173 Å². The van der Waals surface area contributed by atoms with Crippen molar-refractivity contribution in [2.45, 2.75) is 112 Å². The third kappa shape index (κ3) is 8.53. The lowest BCUT2D eigenvalue weighted by atomic mass is 9.90. The Morgan fingerprint density at radius 3 is 1.66 bits per heavy atom. The molecule has 0 fully saturated rings. The normalized spacial score (nSPS) is 12.2. The van der Waals surface area contributed by atoms with Gasteiger partial charge in [0.05, 0.1) is 16.7 Å². The van der Waals surface area contributed by atoms with E-state index in [0.717, 1.165) is 17.7 Å². The van der Waals surface area contributed by atoms with Crippen molar-refractivity contribution >= 4 is 33.1 Å². The molecule has 0 unspecified atom stereocenters. The predicted octanol–water partition coefficient (Wildman–Crippen LogP) is 17.3. The third-order valence-corrected chi connectivity index (χ3v) is 14.1. The molecule has 5 aromatic carbocycles. The van der Waals surface area contributed by atoms with Crippen molar-refractivity contribution in [2.75, 3.05) is 0 Å². The van der Waals surface area contributed by atoms with Crippen LogP contribution >= 0.6 is 11.3 Å². The highest BCUT2D eigenvalue weighted by atomic mass is 32.1. The van der Waals surface area contributed by atoms with Crippen LogP contribution in [0.5, 0.6) is 0 Å². The van der Waals surface area contributed by atoms with Crippen molar-refractivity contribution in [2.24, 2.45) is 0 Å². The van der Waals surface area contributed by atoms with Gasteiger partial charge >= 0.3 is 0 Å². The van der Waals surface area contributed by atoms with Crippen LogP contribution in [0, 0.1) is 20.8 Å². The largest absolute Gasteiger partial charge is 0.313 e. The second-order valence-electron chi connectivity index (χ2n) is 20.1. The molecule has 64 heavy (non-hydrogen) atoms. The fourth-order valence-electron chi connectivity index (χ4n) is 9.68. The van der Waals surface area contributed by atoms with Gasteiger partial charge in [0.25, 0.3) is 0 Å². The monoisotopic (exact) mass is 857 g/mol. The van der Waals surface area contributed by atoms with Crippen LogP contribution in [-0.4, -0.2) is 14.1 Å². The summed E-state index contributed by atoms with van der Waals surface area (Å²) in [5.41, 5.74) is 19.5. The molecular formula is C60H63N3S. The van der Waals surface area contributed by atoms with Gasteiger partial charge in [-0.1, -0.05) is 128 Å². The van der Waals surface area contributed by atoms with Crippen molar-refractivity contribution < 1.29 is 0 Å². The molecule has 0 N–H and O–H groups in total. The summed E-state index contributed by atoms with van der Waals surface area (Å²) in [6, 6.07) is 50.7. The summed E-state index contributed by atoms with van der Waals surface area (Å²) >= 11 is 1.84. The quantitative estimate of drug-likeness (QED) is 0.119. The van der Waals surface area contributed by atoms with Gasteiger partial charge < -0.3 is 9.13 Å². The van der Waals surface area contributed by atoms with Crippen LogP contribution in [-0.2, 0) is 17.3 Å². The van der Waals surface area contributed by atoms with E-state index in [2.05, 4.69) is 212 Å². The molecule has 0 saturated carbocycles. The second kappa shape index (κ2) is 17.2. The summed E-state index contributed by atoms with van der Waals surface area (Å²) in [4.78, 5) is 7.61. The van der Waals surface area contributed by atoms with Crippen LogP contribution in [0.2, 0.25) is 0 Å². The lowest BCUT2D eigenvalue weighted by Gasteiger charge is -2.25. The molecular weight excluding hydrogens is 795 g/mol. The van der Waals surface area contributed by atoms with E-state index < -0.39 is 0 Å². The molecule has 324 valence electrons. The molecule has 0 bridgehead atoms. The van der Waals surface area contributed by atoms with Gasteiger partial charge in [-0.15, -0.1) is 11.3 Å². The Kier molecular flexibility index (Phi) is 11.6. The minimum atomic E-state index is -0.0824. The number of thiophene rings is 1. The molecule has 0 aliphatic heterocycles. The molecule has 0 saturated heterocycles. The first kappa shape index (κ1) is 43.3. The first-order valence-electron chi connectivity index (χ1n) is 23.3. The van der Waals surface area contributed by atoms with E-state index in [4.69, 9.17) is 4.98 Å². The van der Waals surface area contributed by atoms with Crippen LogP contribution in [0.15, 0.2) is 140 Å². The maximum absolute atomic E-state index is 4.98. The number of nitrogens with zero attached hydrogens (tertiary/aromatic N) is 3. The lowest BCUT2D eigenvalue weighted by Crippen LogP contribution is -2.18. The van der Waals surface area contributed by atoms with Crippen molar-refractivity contribution in [1.29, 1.82) is 0 Å². The van der Waals surface area contributed by atoms with E-state index in [0.29, 0.717) is 0 Å². The minimum absolute atomic E-state index is 0.0824. The number of pyridine rings is 1. The molecule has 0 atom stereocenters. The SMILES string of the molecule is CCCCCCc1cc(-c2cc(-n3c(C(C)(C)C)cc4ccccc43)cc(-n3c(C(C)(C)C)cc4ccccc43)c2)cc(-c2ccc(-c3ccc(-c4sc(C)cc4C)cn3)cc2C)c1. The number of aromatic nitrogens is 3. The number of hydrogen-bond acceptors (Lipinski definition) is 2. The molecule has 4 heteroatoms. The molecule has 0 radical (unpaired) electrons. The van der Waals surface area contributed by atoms with Crippen molar-refractivity contribution in [3.63, 3.8) is 0 Å². The number of benzene rings is 5. The molecule has 0 aliphatic carbocycles. The number of unbranched alkanes of at least 4 members (excludes halogenated alkanes) is 3. The van der Waals surface area contributed by atoms with Gasteiger partial charge in [-0.05, 0) is 145 Å². The van der Waals surface area contributed by atoms with Gasteiger partial charge in [-0.2, -0.15) is 0 Å². The van der Waals surface area contributed by atoms with E-state index in [-0.39, 0.29) is 10.8 Å². The number of rotatable bonds is 11. The Balaban J connectivity index is 1.22. The molecule has 4 heterocycles. The molecule has 3 nitrogen and oxygen atoms in total. The van der Waals surface area contributed by atoms with Gasteiger partial charge in [-0.3, -0.25) is 4.98 Å². The number of para-hydroxylation sites is 2. The van der Waals surface area contributed by atoms with Crippen LogP contribution in [0.3, 0.4) is 0 Å². The smallest absolute Gasteiger partial charge is 0.0702 e. The van der Waals surface area contributed by atoms with Gasteiger partial charge in [-0.25, -0.2) is 0 Å². The van der Waals surface area contributed by atoms with Gasteiger partial charge in [0.2, 0.25) is 0 Å². The van der Waals surface area contributed by atoms with E-state index in [1.807, 2.05) is 17.5 Å². The highest BCUT2D eigenvalue weighted by Crippen LogP contribution is 2.40. The van der Waals surface area contributed by atoms with E-state index in [1.165, 1.54) is 125 Å². The third-order valence-electron chi connectivity index (χ3n) is 12.9. The zero-order valence-electron chi connectivity index (χ0n) is 39.6. The summed E-state index contributed by atoms with van der Waals surface area (Å²) in [6.07, 6.45) is 8.01. The van der Waals surface area contributed by atoms with E-state index in [1.54, 1.807) is 0 Å². The summed E-state index contributed by atoms with van der Waals surface area (Å²) in [5.74, 6) is 0. The van der Waals surface area contributed by atoms with Crippen LogP contribution < -0.4 is 0 Å². The van der Waals surface area contributed by atoms with E-state index >= 15 is 0 Å². The highest BCUT2D eigenvalue weighted by molar-refractivity contribution is 7.15.